The monoisotopic (exact) mass is 998 g/mol. The molecule has 0 aromatic heterocycles. The summed E-state index contributed by atoms with van der Waals surface area (Å²) in [7, 11) is 0. The standard InChI is InChI=1S/C48H42N10O15/c59-43(31-1-7-34(8-2-31)49-46(62)52-37-13-19-40(20-14-37)56(65)66)71-28-25-55(26-29-72-44(60)32-3-9-35(10-4-32)50-47(63)53-38-15-21-41(22-16-38)57(67)68)27-30-73-45(61)33-5-11-36(12-6-33)51-48(64)54-39-17-23-42(24-18-39)58(69)70/h1-24H,25-30H2,(H2,49,52,62)(H2,50,53,63)(H2,51,54,64). The molecule has 0 aliphatic carbocycles. The minimum atomic E-state index is -0.691. The third-order valence-electron chi connectivity index (χ3n) is 10.1. The Morgan fingerprint density at radius 1 is 0.342 bits per heavy atom. The van der Waals surface area contributed by atoms with Crippen molar-refractivity contribution in [3.05, 3.63) is 193 Å². The van der Waals surface area contributed by atoms with Crippen LogP contribution >= 0.6 is 0 Å². The summed E-state index contributed by atoms with van der Waals surface area (Å²) >= 11 is 0. The minimum absolute atomic E-state index is 0.105. The molecule has 25 nitrogen and oxygen atoms in total. The molecule has 0 spiro atoms. The molecule has 0 fully saturated rings. The van der Waals surface area contributed by atoms with Crippen LogP contribution in [0.25, 0.3) is 0 Å². The minimum Gasteiger partial charge on any atom is -0.461 e. The number of anilines is 6. The van der Waals surface area contributed by atoms with Gasteiger partial charge in [0.15, 0.2) is 0 Å². The van der Waals surface area contributed by atoms with Gasteiger partial charge in [-0.2, -0.15) is 0 Å². The van der Waals surface area contributed by atoms with Crippen LogP contribution in [0.5, 0.6) is 0 Å². The number of carbonyl (C=O) groups is 6. The average molecular weight is 999 g/mol. The van der Waals surface area contributed by atoms with Crippen LogP contribution in [0.3, 0.4) is 0 Å². The molecule has 0 saturated heterocycles. The van der Waals surface area contributed by atoms with Crippen LogP contribution in [0.1, 0.15) is 31.1 Å². The highest BCUT2D eigenvalue weighted by molar-refractivity contribution is 6.02. The molecule has 6 rings (SSSR count). The van der Waals surface area contributed by atoms with Crippen molar-refractivity contribution in [2.45, 2.75) is 0 Å². The Balaban J connectivity index is 0.988. The van der Waals surface area contributed by atoms with Gasteiger partial charge in [-0.05, 0) is 109 Å². The summed E-state index contributed by atoms with van der Waals surface area (Å²) in [6.07, 6.45) is 0. The lowest BCUT2D eigenvalue weighted by molar-refractivity contribution is -0.385. The van der Waals surface area contributed by atoms with Gasteiger partial charge in [-0.1, -0.05) is 0 Å². The Kier molecular flexibility index (Phi) is 18.1. The fourth-order valence-corrected chi connectivity index (χ4v) is 6.34. The Hall–Kier alpha value is -10.3. The Bertz CT molecular complexity index is 2640. The highest BCUT2D eigenvalue weighted by Crippen LogP contribution is 2.20. The molecule has 0 radical (unpaired) electrons. The zero-order valence-electron chi connectivity index (χ0n) is 38.0. The highest BCUT2D eigenvalue weighted by Gasteiger charge is 2.16. The number of hydrogen-bond acceptors (Lipinski definition) is 16. The maximum absolute atomic E-state index is 13.0. The number of ether oxygens (including phenoxy) is 3. The largest absolute Gasteiger partial charge is 0.461 e. The Morgan fingerprint density at radius 3 is 0.726 bits per heavy atom. The van der Waals surface area contributed by atoms with Gasteiger partial charge in [-0.3, -0.25) is 35.2 Å². The summed E-state index contributed by atoms with van der Waals surface area (Å²) in [6, 6.07) is 31.2. The van der Waals surface area contributed by atoms with Crippen LogP contribution in [0.15, 0.2) is 146 Å². The van der Waals surface area contributed by atoms with Crippen molar-refractivity contribution in [3.8, 4) is 0 Å². The summed E-state index contributed by atoms with van der Waals surface area (Å²) in [5, 5.41) is 48.1. The van der Waals surface area contributed by atoms with Crippen molar-refractivity contribution in [1.82, 2.24) is 4.90 Å². The number of nitrogens with one attached hydrogen (secondary N) is 6. The number of esters is 3. The van der Waals surface area contributed by atoms with Gasteiger partial charge in [0.25, 0.3) is 17.1 Å². The first kappa shape index (κ1) is 52.1. The van der Waals surface area contributed by atoms with E-state index in [2.05, 4.69) is 31.9 Å². The molecule has 0 unspecified atom stereocenters. The van der Waals surface area contributed by atoms with Crippen molar-refractivity contribution >= 4 is 87.2 Å². The number of rotatable bonds is 21. The third kappa shape index (κ3) is 16.4. The van der Waals surface area contributed by atoms with Crippen molar-refractivity contribution in [1.29, 1.82) is 0 Å². The van der Waals surface area contributed by atoms with E-state index in [0.717, 1.165) is 0 Å². The average Bonchev–Trinajstić information content (AvgIpc) is 3.37. The predicted molar refractivity (Wildman–Crippen MR) is 264 cm³/mol. The van der Waals surface area contributed by atoms with Gasteiger partial charge in [-0.25, -0.2) is 28.8 Å². The van der Waals surface area contributed by atoms with E-state index in [4.69, 9.17) is 14.2 Å². The first-order chi connectivity index (χ1) is 35.1. The summed E-state index contributed by atoms with van der Waals surface area (Å²) in [5.74, 6) is -2.07. The maximum Gasteiger partial charge on any atom is 0.338 e. The summed E-state index contributed by atoms with van der Waals surface area (Å²) in [5.41, 5.74) is 2.01. The quantitative estimate of drug-likeness (QED) is 0.0170. The number of nitro groups is 3. The van der Waals surface area contributed by atoms with Crippen LogP contribution in [0.2, 0.25) is 0 Å². The third-order valence-corrected chi connectivity index (χ3v) is 10.1. The molecule has 0 saturated carbocycles. The Morgan fingerprint density at radius 2 is 0.534 bits per heavy atom. The van der Waals surface area contributed by atoms with E-state index in [9.17, 15) is 59.1 Å². The van der Waals surface area contributed by atoms with Crippen LogP contribution in [-0.2, 0) is 14.2 Å². The molecule has 374 valence electrons. The van der Waals surface area contributed by atoms with Gasteiger partial charge < -0.3 is 46.1 Å². The fourth-order valence-electron chi connectivity index (χ4n) is 6.34. The SMILES string of the molecule is O=C(Nc1ccc(C(=O)OCCN(CCOC(=O)c2ccc(NC(=O)Nc3ccc([N+](=O)[O-])cc3)cc2)CCOC(=O)c2ccc(NC(=O)Nc3ccc([N+](=O)[O-])cc3)cc2)cc1)Nc1ccc([N+](=O)[O-])cc1. The number of carbonyl (C=O) groups excluding carboxylic acids is 6. The van der Waals surface area contributed by atoms with Crippen LogP contribution in [-0.4, -0.2) is 95.1 Å². The van der Waals surface area contributed by atoms with Crippen LogP contribution in [0.4, 0.5) is 65.6 Å². The summed E-state index contributed by atoms with van der Waals surface area (Å²) in [4.78, 5) is 109. The molecule has 25 heteroatoms. The van der Waals surface area contributed by atoms with Crippen LogP contribution in [0, 0.1) is 30.3 Å². The van der Waals surface area contributed by atoms with E-state index in [1.165, 1.54) is 146 Å². The molecule has 6 aromatic carbocycles. The second-order valence-electron chi connectivity index (χ2n) is 15.1. The van der Waals surface area contributed by atoms with Gasteiger partial charge in [0.1, 0.15) is 19.8 Å². The number of amides is 6. The van der Waals surface area contributed by atoms with Gasteiger partial charge in [-0.15, -0.1) is 0 Å². The highest BCUT2D eigenvalue weighted by atomic mass is 16.6. The molecule has 6 aromatic rings. The molecule has 6 N–H and O–H groups in total. The fraction of sp³-hybridized carbons (Fsp3) is 0.125. The number of hydrogen-bond donors (Lipinski definition) is 6. The lowest BCUT2D eigenvalue weighted by Crippen LogP contribution is -2.35. The second kappa shape index (κ2) is 25.3. The molecule has 0 atom stereocenters. The molecule has 0 bridgehead atoms. The van der Waals surface area contributed by atoms with E-state index in [0.29, 0.717) is 34.1 Å². The lowest BCUT2D eigenvalue weighted by atomic mass is 10.2. The van der Waals surface area contributed by atoms with E-state index in [-0.39, 0.29) is 73.2 Å². The van der Waals surface area contributed by atoms with E-state index in [1.54, 1.807) is 4.90 Å². The Labute approximate surface area is 412 Å². The van der Waals surface area contributed by atoms with Gasteiger partial charge >= 0.3 is 36.0 Å². The normalized spacial score (nSPS) is 10.5. The summed E-state index contributed by atoms with van der Waals surface area (Å²) < 4.78 is 16.5. The molecule has 0 heterocycles. The molecular weight excluding hydrogens is 957 g/mol. The zero-order valence-corrected chi connectivity index (χ0v) is 38.0. The van der Waals surface area contributed by atoms with Gasteiger partial charge in [0.2, 0.25) is 0 Å². The zero-order chi connectivity index (χ0) is 52.3. The second-order valence-corrected chi connectivity index (χ2v) is 15.1. The molecule has 0 aliphatic rings. The van der Waals surface area contributed by atoms with Crippen molar-refractivity contribution in [3.63, 3.8) is 0 Å². The molecule has 6 amide bonds. The van der Waals surface area contributed by atoms with Crippen LogP contribution < -0.4 is 31.9 Å². The first-order valence-electron chi connectivity index (χ1n) is 21.6. The lowest BCUT2D eigenvalue weighted by Gasteiger charge is -2.22. The molecule has 0 aliphatic heterocycles. The van der Waals surface area contributed by atoms with Gasteiger partial charge in [0, 0.05) is 90.2 Å². The topological polar surface area (TPSA) is 335 Å². The number of benzene rings is 6. The first-order valence-corrected chi connectivity index (χ1v) is 21.6. The number of nitrogens with zero attached hydrogens (tertiary/aromatic N) is 4. The van der Waals surface area contributed by atoms with Crippen molar-refractivity contribution < 1.29 is 57.7 Å². The summed E-state index contributed by atoms with van der Waals surface area (Å²) in [6.45, 7) is -0.111. The smallest absolute Gasteiger partial charge is 0.338 e. The number of nitro benzene ring substituents is 3. The van der Waals surface area contributed by atoms with E-state index >= 15 is 0 Å². The molecule has 73 heavy (non-hydrogen) atoms. The predicted octanol–water partition coefficient (Wildman–Crippen LogP) is 8.52. The van der Waals surface area contributed by atoms with Crippen molar-refractivity contribution in [2.24, 2.45) is 0 Å². The number of non-ortho nitro benzene ring substituents is 3. The van der Waals surface area contributed by atoms with E-state index in [1.807, 2.05) is 0 Å². The van der Waals surface area contributed by atoms with E-state index < -0.39 is 50.8 Å². The van der Waals surface area contributed by atoms with Crippen molar-refractivity contribution in [2.75, 3.05) is 71.4 Å². The molecular formula is C48H42N10O15. The maximum atomic E-state index is 13.0. The number of urea groups is 3. The van der Waals surface area contributed by atoms with Gasteiger partial charge in [0.05, 0.1) is 31.5 Å².